The highest BCUT2D eigenvalue weighted by atomic mass is 16.5. The Bertz CT molecular complexity index is 773. The van der Waals surface area contributed by atoms with E-state index in [1.54, 1.807) is 0 Å². The fraction of sp³-hybridized carbons (Fsp3) is 0.333. The van der Waals surface area contributed by atoms with Crippen LogP contribution in [-0.2, 0) is 17.7 Å². The summed E-state index contributed by atoms with van der Waals surface area (Å²) in [7, 11) is 0. The van der Waals surface area contributed by atoms with Crippen molar-refractivity contribution in [2.75, 3.05) is 13.2 Å². The van der Waals surface area contributed by atoms with Gasteiger partial charge in [0.2, 0.25) is 0 Å². The second kappa shape index (κ2) is 4.45. The number of fused-ring (bicyclic) bond motifs is 2. The fourth-order valence-electron chi connectivity index (χ4n) is 2.68. The topological polar surface area (TPSA) is 53.1 Å². The van der Waals surface area contributed by atoms with Gasteiger partial charge in [-0.1, -0.05) is 18.2 Å². The number of ether oxygens (including phenoxy) is 1. The van der Waals surface area contributed by atoms with Crippen molar-refractivity contribution in [1.29, 1.82) is 0 Å². The van der Waals surface area contributed by atoms with Crippen LogP contribution in [0, 0.1) is 6.92 Å². The minimum atomic E-state index is 0.692. The van der Waals surface area contributed by atoms with E-state index in [0.717, 1.165) is 46.9 Å². The Morgan fingerprint density at radius 2 is 2.15 bits per heavy atom. The number of para-hydroxylation sites is 1. The van der Waals surface area contributed by atoms with E-state index in [9.17, 15) is 0 Å². The maximum absolute atomic E-state index is 5.99. The van der Waals surface area contributed by atoms with Crippen molar-refractivity contribution < 1.29 is 9.15 Å². The molecule has 4 rings (SSSR count). The zero-order chi connectivity index (χ0) is 13.5. The highest BCUT2D eigenvalue weighted by molar-refractivity contribution is 5.84. The van der Waals surface area contributed by atoms with Gasteiger partial charge in [0, 0.05) is 18.4 Å². The van der Waals surface area contributed by atoms with Gasteiger partial charge < -0.3 is 13.7 Å². The third kappa shape index (κ3) is 1.74. The number of benzene rings is 1. The third-order valence-corrected chi connectivity index (χ3v) is 3.72. The van der Waals surface area contributed by atoms with E-state index in [1.807, 2.05) is 25.1 Å². The van der Waals surface area contributed by atoms with Crippen LogP contribution in [0.4, 0.5) is 0 Å². The van der Waals surface area contributed by atoms with Gasteiger partial charge in [-0.25, -0.2) is 0 Å². The lowest BCUT2D eigenvalue weighted by Crippen LogP contribution is -2.05. The molecule has 0 amide bonds. The Kier molecular flexibility index (Phi) is 2.60. The molecule has 0 bridgehead atoms. The SMILES string of the molecule is Cc1cccc2cc(-c3nnc4n3CCOCC4)oc12. The first kappa shape index (κ1) is 11.7. The monoisotopic (exact) mass is 269 g/mol. The standard InChI is InChI=1S/C15H15N3O2/c1-10-3-2-4-11-9-12(20-14(10)11)15-17-16-13-5-7-19-8-6-18(13)15/h2-4,9H,5-8H2,1H3. The molecule has 3 heterocycles. The van der Waals surface area contributed by atoms with Crippen molar-refractivity contribution in [1.82, 2.24) is 14.8 Å². The molecule has 0 unspecified atom stereocenters. The molecule has 102 valence electrons. The number of hydrogen-bond donors (Lipinski definition) is 0. The maximum Gasteiger partial charge on any atom is 0.199 e. The van der Waals surface area contributed by atoms with Gasteiger partial charge in [-0.2, -0.15) is 0 Å². The quantitative estimate of drug-likeness (QED) is 0.681. The van der Waals surface area contributed by atoms with Crippen LogP contribution in [0.5, 0.6) is 0 Å². The zero-order valence-corrected chi connectivity index (χ0v) is 11.3. The normalized spacial score (nSPS) is 15.2. The smallest absolute Gasteiger partial charge is 0.199 e. The molecule has 0 aliphatic carbocycles. The number of nitrogens with zero attached hydrogens (tertiary/aromatic N) is 3. The second-order valence-electron chi connectivity index (χ2n) is 5.06. The molecule has 0 saturated heterocycles. The van der Waals surface area contributed by atoms with E-state index in [-0.39, 0.29) is 0 Å². The lowest BCUT2D eigenvalue weighted by atomic mass is 10.2. The molecule has 5 heteroatoms. The van der Waals surface area contributed by atoms with Gasteiger partial charge in [0.1, 0.15) is 11.4 Å². The molecular weight excluding hydrogens is 254 g/mol. The van der Waals surface area contributed by atoms with E-state index in [4.69, 9.17) is 9.15 Å². The number of aromatic nitrogens is 3. The first-order chi connectivity index (χ1) is 9.83. The Hall–Kier alpha value is -2.14. The van der Waals surface area contributed by atoms with Gasteiger partial charge in [0.05, 0.1) is 13.2 Å². The molecule has 0 radical (unpaired) electrons. The summed E-state index contributed by atoms with van der Waals surface area (Å²) >= 11 is 0. The van der Waals surface area contributed by atoms with Crippen LogP contribution < -0.4 is 0 Å². The molecule has 20 heavy (non-hydrogen) atoms. The summed E-state index contributed by atoms with van der Waals surface area (Å²) < 4.78 is 13.6. The van der Waals surface area contributed by atoms with Crippen molar-refractivity contribution in [2.24, 2.45) is 0 Å². The van der Waals surface area contributed by atoms with Gasteiger partial charge in [-0.3, -0.25) is 0 Å². The summed E-state index contributed by atoms with van der Waals surface area (Å²) in [6.07, 6.45) is 0.798. The average Bonchev–Trinajstić information content (AvgIpc) is 2.97. The minimum Gasteiger partial charge on any atom is -0.452 e. The second-order valence-corrected chi connectivity index (χ2v) is 5.06. The van der Waals surface area contributed by atoms with Crippen molar-refractivity contribution in [2.45, 2.75) is 19.9 Å². The molecule has 0 fully saturated rings. The van der Waals surface area contributed by atoms with Gasteiger partial charge in [0.25, 0.3) is 0 Å². The van der Waals surface area contributed by atoms with E-state index < -0.39 is 0 Å². The lowest BCUT2D eigenvalue weighted by molar-refractivity contribution is 0.140. The van der Waals surface area contributed by atoms with Crippen LogP contribution in [0.1, 0.15) is 11.4 Å². The molecular formula is C15H15N3O2. The number of aryl methyl sites for hydroxylation is 1. The molecule has 0 spiro atoms. The average molecular weight is 269 g/mol. The number of rotatable bonds is 1. The van der Waals surface area contributed by atoms with Crippen molar-refractivity contribution in [3.8, 4) is 11.6 Å². The Morgan fingerprint density at radius 3 is 3.05 bits per heavy atom. The minimum absolute atomic E-state index is 0.692. The summed E-state index contributed by atoms with van der Waals surface area (Å²) in [5.41, 5.74) is 2.05. The van der Waals surface area contributed by atoms with Gasteiger partial charge in [0.15, 0.2) is 11.6 Å². The fourth-order valence-corrected chi connectivity index (χ4v) is 2.68. The van der Waals surface area contributed by atoms with E-state index >= 15 is 0 Å². The molecule has 1 aliphatic rings. The summed E-state index contributed by atoms with van der Waals surface area (Å²) in [4.78, 5) is 0. The van der Waals surface area contributed by atoms with Gasteiger partial charge in [-0.05, 0) is 18.6 Å². The predicted octanol–water partition coefficient (Wildman–Crippen LogP) is 2.57. The highest BCUT2D eigenvalue weighted by Crippen LogP contribution is 2.29. The number of hydrogen-bond acceptors (Lipinski definition) is 4. The van der Waals surface area contributed by atoms with Gasteiger partial charge in [-0.15, -0.1) is 10.2 Å². The summed E-state index contributed by atoms with van der Waals surface area (Å²) in [5.74, 6) is 2.53. The van der Waals surface area contributed by atoms with Crippen LogP contribution in [0.25, 0.3) is 22.6 Å². The summed E-state index contributed by atoms with van der Waals surface area (Å²) in [5, 5.41) is 9.66. The van der Waals surface area contributed by atoms with Crippen LogP contribution in [0.15, 0.2) is 28.7 Å². The van der Waals surface area contributed by atoms with Crippen molar-refractivity contribution in [3.05, 3.63) is 35.7 Å². The van der Waals surface area contributed by atoms with E-state index in [1.165, 1.54) is 0 Å². The maximum atomic E-state index is 5.99. The predicted molar refractivity (Wildman–Crippen MR) is 74.5 cm³/mol. The molecule has 1 aliphatic heterocycles. The van der Waals surface area contributed by atoms with E-state index in [0.29, 0.717) is 13.2 Å². The van der Waals surface area contributed by atoms with Crippen LogP contribution >= 0.6 is 0 Å². The van der Waals surface area contributed by atoms with E-state index in [2.05, 4.69) is 20.8 Å². The zero-order valence-electron chi connectivity index (χ0n) is 11.3. The van der Waals surface area contributed by atoms with Crippen molar-refractivity contribution in [3.63, 3.8) is 0 Å². The van der Waals surface area contributed by atoms with Gasteiger partial charge >= 0.3 is 0 Å². The summed E-state index contributed by atoms with van der Waals surface area (Å²) in [6.45, 7) is 4.22. The van der Waals surface area contributed by atoms with Crippen LogP contribution in [-0.4, -0.2) is 28.0 Å². The Labute approximate surface area is 116 Å². The molecule has 1 aromatic carbocycles. The molecule has 2 aromatic heterocycles. The lowest BCUT2D eigenvalue weighted by Gasteiger charge is -2.03. The third-order valence-electron chi connectivity index (χ3n) is 3.72. The first-order valence-electron chi connectivity index (χ1n) is 6.82. The molecule has 0 atom stereocenters. The molecule has 0 N–H and O–H groups in total. The molecule has 0 saturated carbocycles. The van der Waals surface area contributed by atoms with Crippen LogP contribution in [0.3, 0.4) is 0 Å². The largest absolute Gasteiger partial charge is 0.452 e. The first-order valence-corrected chi connectivity index (χ1v) is 6.82. The van der Waals surface area contributed by atoms with Crippen LogP contribution in [0.2, 0.25) is 0 Å². The highest BCUT2D eigenvalue weighted by Gasteiger charge is 2.19. The van der Waals surface area contributed by atoms with Crippen molar-refractivity contribution >= 4 is 11.0 Å². The summed E-state index contributed by atoms with van der Waals surface area (Å²) in [6, 6.07) is 8.17. The Balaban J connectivity index is 1.87. The Morgan fingerprint density at radius 1 is 1.20 bits per heavy atom. The molecule has 3 aromatic rings. The number of furan rings is 1. The molecule has 5 nitrogen and oxygen atoms in total.